The molecule has 23 heavy (non-hydrogen) atoms. The van der Waals surface area contributed by atoms with Crippen LogP contribution in [0.4, 0.5) is 0 Å². The van der Waals surface area contributed by atoms with Gasteiger partial charge in [-0.25, -0.2) is 0 Å². The normalized spacial score (nSPS) is 21.3. The molecule has 1 atom stereocenters. The molecule has 0 aromatic heterocycles. The van der Waals surface area contributed by atoms with Crippen LogP contribution in [-0.4, -0.2) is 28.3 Å². The molecule has 0 saturated heterocycles. The molecule has 4 heteroatoms. The zero-order valence-electron chi connectivity index (χ0n) is 12.9. The van der Waals surface area contributed by atoms with Gasteiger partial charge in [0.25, 0.3) is 5.91 Å². The first-order valence-corrected chi connectivity index (χ1v) is 7.94. The van der Waals surface area contributed by atoms with Gasteiger partial charge in [-0.1, -0.05) is 42.5 Å². The van der Waals surface area contributed by atoms with E-state index in [-0.39, 0.29) is 35.3 Å². The third kappa shape index (κ3) is 3.71. The Kier molecular flexibility index (Phi) is 4.63. The first kappa shape index (κ1) is 15.6. The first-order chi connectivity index (χ1) is 11.1. The summed E-state index contributed by atoms with van der Waals surface area (Å²) in [5, 5.41) is 22.4. The number of para-hydroxylation sites is 1. The van der Waals surface area contributed by atoms with E-state index < -0.39 is 0 Å². The van der Waals surface area contributed by atoms with Gasteiger partial charge in [0.1, 0.15) is 5.75 Å². The summed E-state index contributed by atoms with van der Waals surface area (Å²) in [5.74, 6) is -0.0254. The van der Waals surface area contributed by atoms with Crippen LogP contribution in [0.25, 0.3) is 0 Å². The Balaban J connectivity index is 1.73. The van der Waals surface area contributed by atoms with E-state index in [1.165, 1.54) is 6.07 Å². The highest BCUT2D eigenvalue weighted by molar-refractivity contribution is 5.96. The smallest absolute Gasteiger partial charge is 0.255 e. The number of amides is 1. The van der Waals surface area contributed by atoms with Gasteiger partial charge >= 0.3 is 0 Å². The maximum absolute atomic E-state index is 12.5. The van der Waals surface area contributed by atoms with Crippen molar-refractivity contribution in [2.24, 2.45) is 5.92 Å². The van der Waals surface area contributed by atoms with Gasteiger partial charge in [-0.15, -0.1) is 0 Å². The van der Waals surface area contributed by atoms with Crippen molar-refractivity contribution in [3.8, 4) is 5.75 Å². The Morgan fingerprint density at radius 3 is 2.39 bits per heavy atom. The Morgan fingerprint density at radius 1 is 1.09 bits per heavy atom. The second-order valence-corrected chi connectivity index (χ2v) is 6.17. The molecular formula is C19H21NO3. The largest absolute Gasteiger partial charge is 0.507 e. The molecule has 3 N–H and O–H groups in total. The predicted octanol–water partition coefficient (Wildman–Crippen LogP) is 2.50. The van der Waals surface area contributed by atoms with Crippen molar-refractivity contribution in [1.29, 1.82) is 0 Å². The molecule has 1 fully saturated rings. The molecule has 2 aromatic carbocycles. The fourth-order valence-electron chi connectivity index (χ4n) is 3.07. The van der Waals surface area contributed by atoms with Crippen molar-refractivity contribution in [3.63, 3.8) is 0 Å². The minimum Gasteiger partial charge on any atom is -0.507 e. The van der Waals surface area contributed by atoms with E-state index in [2.05, 4.69) is 5.32 Å². The summed E-state index contributed by atoms with van der Waals surface area (Å²) in [5.41, 5.74) is 1.43. The maximum Gasteiger partial charge on any atom is 0.255 e. The van der Waals surface area contributed by atoms with Gasteiger partial charge in [0.2, 0.25) is 0 Å². The molecule has 1 amide bonds. The summed E-state index contributed by atoms with van der Waals surface area (Å²) < 4.78 is 0. The van der Waals surface area contributed by atoms with Crippen molar-refractivity contribution < 1.29 is 15.0 Å². The Hall–Kier alpha value is -2.33. The van der Waals surface area contributed by atoms with E-state index in [0.717, 1.165) is 12.0 Å². The number of aliphatic hydroxyl groups excluding tert-OH is 1. The van der Waals surface area contributed by atoms with Gasteiger partial charge in [0.15, 0.2) is 0 Å². The van der Waals surface area contributed by atoms with Crippen LogP contribution >= 0.6 is 0 Å². The second kappa shape index (κ2) is 6.84. The summed E-state index contributed by atoms with van der Waals surface area (Å²) in [7, 11) is 0. The van der Waals surface area contributed by atoms with Crippen molar-refractivity contribution in [3.05, 3.63) is 65.7 Å². The van der Waals surface area contributed by atoms with E-state index in [1.54, 1.807) is 18.2 Å². The summed E-state index contributed by atoms with van der Waals surface area (Å²) in [6.45, 7) is 0. The van der Waals surface area contributed by atoms with Crippen LogP contribution in [0.3, 0.4) is 0 Å². The van der Waals surface area contributed by atoms with Gasteiger partial charge in [-0.05, 0) is 42.9 Å². The highest BCUT2D eigenvalue weighted by Crippen LogP contribution is 2.32. The lowest BCUT2D eigenvalue weighted by Gasteiger charge is -2.38. The SMILES string of the molecule is O=C(NC(Cc1ccccc1)C1CC(O)C1)c1ccccc1O. The van der Waals surface area contributed by atoms with Crippen LogP contribution in [0.5, 0.6) is 5.75 Å². The molecule has 1 aliphatic rings. The monoisotopic (exact) mass is 311 g/mol. The van der Waals surface area contributed by atoms with Crippen LogP contribution in [0.15, 0.2) is 54.6 Å². The molecule has 0 aliphatic heterocycles. The van der Waals surface area contributed by atoms with Crippen LogP contribution < -0.4 is 5.32 Å². The van der Waals surface area contributed by atoms with Crippen molar-refractivity contribution in [2.75, 3.05) is 0 Å². The zero-order chi connectivity index (χ0) is 16.2. The number of hydrogen-bond acceptors (Lipinski definition) is 3. The number of carbonyl (C=O) groups excluding carboxylic acids is 1. The third-order valence-electron chi connectivity index (χ3n) is 4.48. The molecule has 0 heterocycles. The van der Waals surface area contributed by atoms with E-state index in [0.29, 0.717) is 12.8 Å². The first-order valence-electron chi connectivity index (χ1n) is 7.94. The number of nitrogens with one attached hydrogen (secondary N) is 1. The van der Waals surface area contributed by atoms with E-state index in [1.807, 2.05) is 30.3 Å². The quantitative estimate of drug-likeness (QED) is 0.794. The molecule has 120 valence electrons. The Morgan fingerprint density at radius 2 is 1.74 bits per heavy atom. The molecule has 0 spiro atoms. The molecule has 0 bridgehead atoms. The topological polar surface area (TPSA) is 69.6 Å². The molecule has 0 radical (unpaired) electrons. The van der Waals surface area contributed by atoms with Gasteiger partial charge < -0.3 is 15.5 Å². The number of carbonyl (C=O) groups is 1. The number of aromatic hydroxyl groups is 1. The lowest BCUT2D eigenvalue weighted by Crippen LogP contribution is -2.48. The van der Waals surface area contributed by atoms with Crippen LogP contribution in [-0.2, 0) is 6.42 Å². The molecule has 1 aliphatic carbocycles. The lowest BCUT2D eigenvalue weighted by atomic mass is 9.75. The van der Waals surface area contributed by atoms with Crippen LogP contribution in [0, 0.1) is 5.92 Å². The van der Waals surface area contributed by atoms with E-state index >= 15 is 0 Å². The molecular weight excluding hydrogens is 290 g/mol. The van der Waals surface area contributed by atoms with Crippen molar-refractivity contribution >= 4 is 5.91 Å². The van der Waals surface area contributed by atoms with Gasteiger partial charge in [-0.2, -0.15) is 0 Å². The van der Waals surface area contributed by atoms with E-state index in [9.17, 15) is 15.0 Å². The van der Waals surface area contributed by atoms with Gasteiger partial charge in [0.05, 0.1) is 11.7 Å². The van der Waals surface area contributed by atoms with Crippen LogP contribution in [0.2, 0.25) is 0 Å². The van der Waals surface area contributed by atoms with Gasteiger partial charge in [-0.3, -0.25) is 4.79 Å². The predicted molar refractivity (Wildman–Crippen MR) is 88.2 cm³/mol. The third-order valence-corrected chi connectivity index (χ3v) is 4.48. The minimum atomic E-state index is -0.273. The number of hydrogen-bond donors (Lipinski definition) is 3. The fourth-order valence-corrected chi connectivity index (χ4v) is 3.07. The molecule has 1 unspecified atom stereocenters. The average molecular weight is 311 g/mol. The summed E-state index contributed by atoms with van der Waals surface area (Å²) >= 11 is 0. The molecule has 1 saturated carbocycles. The lowest BCUT2D eigenvalue weighted by molar-refractivity contribution is 0.0239. The number of aliphatic hydroxyl groups is 1. The summed E-state index contributed by atoms with van der Waals surface area (Å²) in [4.78, 5) is 12.5. The molecule has 2 aromatic rings. The van der Waals surface area contributed by atoms with Crippen molar-refractivity contribution in [1.82, 2.24) is 5.32 Å². The van der Waals surface area contributed by atoms with Gasteiger partial charge in [0, 0.05) is 6.04 Å². The highest BCUT2D eigenvalue weighted by atomic mass is 16.3. The number of benzene rings is 2. The zero-order valence-corrected chi connectivity index (χ0v) is 12.9. The minimum absolute atomic E-state index is 0.0166. The standard InChI is InChI=1S/C19H21NO3/c21-15-11-14(12-15)17(10-13-6-2-1-3-7-13)20-19(23)16-8-4-5-9-18(16)22/h1-9,14-15,17,21-22H,10-12H2,(H,20,23). The summed E-state index contributed by atoms with van der Waals surface area (Å²) in [6.07, 6.45) is 1.87. The number of phenolic OH excluding ortho intramolecular Hbond substituents is 1. The Bertz CT molecular complexity index is 665. The Labute approximate surface area is 135 Å². The van der Waals surface area contributed by atoms with Crippen molar-refractivity contribution in [2.45, 2.75) is 31.4 Å². The van der Waals surface area contributed by atoms with E-state index in [4.69, 9.17) is 0 Å². The number of rotatable bonds is 5. The van der Waals surface area contributed by atoms with Crippen LogP contribution in [0.1, 0.15) is 28.8 Å². The highest BCUT2D eigenvalue weighted by Gasteiger charge is 2.35. The summed E-state index contributed by atoms with van der Waals surface area (Å²) in [6, 6.07) is 16.5. The maximum atomic E-state index is 12.5. The molecule has 4 nitrogen and oxygen atoms in total. The average Bonchev–Trinajstić information content (AvgIpc) is 2.52. The fraction of sp³-hybridized carbons (Fsp3) is 0.316. The number of phenols is 1. The second-order valence-electron chi connectivity index (χ2n) is 6.17. The molecule has 3 rings (SSSR count).